The molecule has 148 valence electrons. The van der Waals surface area contributed by atoms with E-state index in [0.717, 1.165) is 18.2 Å². The third-order valence-electron chi connectivity index (χ3n) is 3.99. The number of aromatic nitrogens is 1. The van der Waals surface area contributed by atoms with E-state index < -0.39 is 42.8 Å². The van der Waals surface area contributed by atoms with Gasteiger partial charge in [-0.15, -0.1) is 0 Å². The Hall–Kier alpha value is -2.46. The summed E-state index contributed by atoms with van der Waals surface area (Å²) >= 11 is 3.01. The lowest BCUT2D eigenvalue weighted by molar-refractivity contribution is -0.0145. The van der Waals surface area contributed by atoms with Crippen LogP contribution in [0.3, 0.4) is 0 Å². The fourth-order valence-electron chi connectivity index (χ4n) is 2.70. The van der Waals surface area contributed by atoms with Crippen LogP contribution < -0.4 is 11.1 Å². The molecular formula is C18H16BrF3N4O2. The first-order valence-electron chi connectivity index (χ1n) is 9.57. The van der Waals surface area contributed by atoms with Gasteiger partial charge in [-0.05, 0) is 52.6 Å². The van der Waals surface area contributed by atoms with E-state index in [1.54, 1.807) is 0 Å². The number of hydrogen-bond donors (Lipinski definition) is 2. The number of hydrogen-bond acceptors (Lipinski definition) is 5. The van der Waals surface area contributed by atoms with Crippen molar-refractivity contribution >= 4 is 33.4 Å². The van der Waals surface area contributed by atoms with Gasteiger partial charge in [0.1, 0.15) is 24.0 Å². The minimum atomic E-state index is -3.15. The van der Waals surface area contributed by atoms with Crippen molar-refractivity contribution in [3.63, 3.8) is 0 Å². The number of nitrogens with zero attached hydrogens (tertiary/aromatic N) is 2. The largest absolute Gasteiger partial charge is 0.385 e. The first-order valence-corrected chi connectivity index (χ1v) is 8.66. The van der Waals surface area contributed by atoms with Crippen LogP contribution in [0.15, 0.2) is 39.9 Å². The van der Waals surface area contributed by atoms with Gasteiger partial charge in [0.2, 0.25) is 0 Å². The quantitative estimate of drug-likeness (QED) is 0.732. The van der Waals surface area contributed by atoms with Crippen molar-refractivity contribution in [1.29, 1.82) is 0 Å². The highest BCUT2D eigenvalue weighted by Crippen LogP contribution is 2.38. The number of halogens is 4. The number of benzene rings is 1. The molecule has 1 aromatic carbocycles. The molecule has 0 spiro atoms. The predicted octanol–water partition coefficient (Wildman–Crippen LogP) is 3.39. The summed E-state index contributed by atoms with van der Waals surface area (Å²) in [5.41, 5.74) is 2.21. The van der Waals surface area contributed by atoms with Crippen molar-refractivity contribution in [3.05, 3.63) is 57.5 Å². The number of ether oxygens (including phenoxy) is 1. The first-order chi connectivity index (χ1) is 14.6. The molecule has 3 N–H and O–H groups in total. The Morgan fingerprint density at radius 3 is 3.00 bits per heavy atom. The fourth-order valence-corrected chi connectivity index (χ4v) is 3.03. The number of nitrogens with one attached hydrogen (secondary N) is 1. The Balaban J connectivity index is 2.02. The van der Waals surface area contributed by atoms with E-state index in [4.69, 9.17) is 14.6 Å². The van der Waals surface area contributed by atoms with Crippen LogP contribution in [0.2, 0.25) is 0 Å². The second-order valence-electron chi connectivity index (χ2n) is 5.96. The SMILES string of the molecule is [2H]Cc1c(C(=O)Nc2ccc(F)c([C@]3(C(F)F)COCC(N)=N3)c2)nc([2H])c(Br)c1[2H]. The molecule has 0 bridgehead atoms. The lowest BCUT2D eigenvalue weighted by atomic mass is 9.90. The number of anilines is 1. The van der Waals surface area contributed by atoms with E-state index in [-0.39, 0.29) is 46.1 Å². The van der Waals surface area contributed by atoms with E-state index >= 15 is 0 Å². The van der Waals surface area contributed by atoms with E-state index in [9.17, 15) is 18.0 Å². The van der Waals surface area contributed by atoms with Crippen LogP contribution in [0, 0.1) is 12.7 Å². The predicted molar refractivity (Wildman–Crippen MR) is 101 cm³/mol. The normalized spacial score (nSPS) is 20.9. The van der Waals surface area contributed by atoms with Crippen molar-refractivity contribution in [2.75, 3.05) is 18.5 Å². The summed E-state index contributed by atoms with van der Waals surface area (Å²) in [6.07, 6.45) is -3.53. The summed E-state index contributed by atoms with van der Waals surface area (Å²) in [5, 5.41) is 2.38. The van der Waals surface area contributed by atoms with Crippen molar-refractivity contribution in [3.8, 4) is 0 Å². The molecular weight excluding hydrogens is 441 g/mol. The average molecular weight is 460 g/mol. The van der Waals surface area contributed by atoms with Gasteiger partial charge >= 0.3 is 0 Å². The second-order valence-corrected chi connectivity index (χ2v) is 6.75. The molecule has 2 aromatic rings. The minimum absolute atomic E-state index is 0.0296. The van der Waals surface area contributed by atoms with Crippen molar-refractivity contribution < 1.29 is 26.8 Å². The van der Waals surface area contributed by atoms with Crippen LogP contribution in [0.1, 0.15) is 25.7 Å². The Bertz CT molecular complexity index is 1070. The number of alkyl halides is 2. The number of amides is 1. The molecule has 3 rings (SSSR count). The molecule has 6 nitrogen and oxygen atoms in total. The summed E-state index contributed by atoms with van der Waals surface area (Å²) in [7, 11) is 0. The van der Waals surface area contributed by atoms with Crippen molar-refractivity contribution in [2.24, 2.45) is 10.7 Å². The molecule has 10 heteroatoms. The summed E-state index contributed by atoms with van der Waals surface area (Å²) in [6, 6.07) is 2.80. The van der Waals surface area contributed by atoms with Gasteiger partial charge in [0.05, 0.1) is 9.35 Å². The van der Waals surface area contributed by atoms with E-state index in [2.05, 4.69) is 31.2 Å². The lowest BCUT2D eigenvalue weighted by Gasteiger charge is -2.33. The highest BCUT2D eigenvalue weighted by Gasteiger charge is 2.46. The molecule has 28 heavy (non-hydrogen) atoms. The highest BCUT2D eigenvalue weighted by molar-refractivity contribution is 9.10. The summed E-state index contributed by atoms with van der Waals surface area (Å²) in [5.74, 6) is -2.09. The zero-order valence-electron chi connectivity index (χ0n) is 17.2. The maximum absolute atomic E-state index is 14.5. The molecule has 1 aromatic heterocycles. The second kappa shape index (κ2) is 7.88. The van der Waals surface area contributed by atoms with Gasteiger partial charge in [-0.2, -0.15) is 0 Å². The van der Waals surface area contributed by atoms with Gasteiger partial charge in [-0.1, -0.05) is 0 Å². The zero-order chi connectivity index (χ0) is 22.9. The Labute approximate surface area is 171 Å². The Morgan fingerprint density at radius 2 is 2.32 bits per heavy atom. The van der Waals surface area contributed by atoms with E-state index in [1.807, 2.05) is 0 Å². The number of pyridine rings is 1. The molecule has 1 aliphatic rings. The summed E-state index contributed by atoms with van der Waals surface area (Å²) in [4.78, 5) is 20.2. The number of carbonyl (C=O) groups excluding carboxylic acids is 1. The third kappa shape index (κ3) is 3.88. The van der Waals surface area contributed by atoms with Gasteiger partial charge < -0.3 is 15.8 Å². The zero-order valence-corrected chi connectivity index (χ0v) is 15.8. The number of aliphatic imine (C=N–C) groups is 1. The molecule has 0 radical (unpaired) electrons. The highest BCUT2D eigenvalue weighted by atomic mass is 79.9. The van der Waals surface area contributed by atoms with Crippen LogP contribution in [0.25, 0.3) is 0 Å². The lowest BCUT2D eigenvalue weighted by Crippen LogP contribution is -2.45. The van der Waals surface area contributed by atoms with Gasteiger partial charge in [0.25, 0.3) is 12.3 Å². The van der Waals surface area contributed by atoms with Crippen LogP contribution in [0.4, 0.5) is 18.9 Å². The van der Waals surface area contributed by atoms with Gasteiger partial charge in [-0.25, -0.2) is 18.2 Å². The van der Waals surface area contributed by atoms with Crippen LogP contribution >= 0.6 is 15.9 Å². The van der Waals surface area contributed by atoms with Gasteiger partial charge in [0, 0.05) is 23.3 Å². The molecule has 1 amide bonds. The summed E-state index contributed by atoms with van der Waals surface area (Å²) < 4.78 is 70.7. The van der Waals surface area contributed by atoms with Crippen LogP contribution in [-0.4, -0.2) is 36.4 Å². The molecule has 0 saturated heterocycles. The standard InChI is InChI=1S/C18H16BrF3N4O2/c1-9-4-10(19)6-24-15(9)16(27)25-11-2-3-13(20)12(5-11)18(17(21)22)8-28-7-14(23)26-18/h2-6,17H,7-8H2,1H3,(H2,23,26)(H,25,27)/t18-/m0/s1/i1D,4D,6D. The number of rotatable bonds is 4. The van der Waals surface area contributed by atoms with Crippen LogP contribution in [-0.2, 0) is 10.3 Å². The van der Waals surface area contributed by atoms with E-state index in [0.29, 0.717) is 0 Å². The molecule has 0 fully saturated rings. The minimum Gasteiger partial charge on any atom is -0.385 e. The topological polar surface area (TPSA) is 89.6 Å². The number of amidine groups is 1. The molecule has 0 unspecified atom stereocenters. The molecule has 2 heterocycles. The maximum atomic E-state index is 14.5. The monoisotopic (exact) mass is 459 g/mol. The molecule has 1 aliphatic heterocycles. The van der Waals surface area contributed by atoms with E-state index in [1.165, 1.54) is 0 Å². The third-order valence-corrected chi connectivity index (χ3v) is 4.37. The van der Waals surface area contributed by atoms with Crippen molar-refractivity contribution in [2.45, 2.75) is 18.9 Å². The molecule has 1 atom stereocenters. The van der Waals surface area contributed by atoms with Crippen LogP contribution in [0.5, 0.6) is 0 Å². The Kier molecular flexibility index (Phi) is 4.64. The van der Waals surface area contributed by atoms with Crippen molar-refractivity contribution in [1.82, 2.24) is 4.98 Å². The Morgan fingerprint density at radius 1 is 1.54 bits per heavy atom. The smallest absolute Gasteiger partial charge is 0.274 e. The molecule has 0 saturated carbocycles. The van der Waals surface area contributed by atoms with Gasteiger partial charge in [-0.3, -0.25) is 9.79 Å². The average Bonchev–Trinajstić information content (AvgIpc) is 2.72. The maximum Gasteiger partial charge on any atom is 0.274 e. The first kappa shape index (κ1) is 16.5. The van der Waals surface area contributed by atoms with Gasteiger partial charge in [0.15, 0.2) is 5.54 Å². The summed E-state index contributed by atoms with van der Waals surface area (Å²) in [6.45, 7) is -1.23. The number of carbonyl (C=O) groups is 1. The number of nitrogens with two attached hydrogens (primary N) is 1. The molecule has 0 aliphatic carbocycles. The fraction of sp³-hybridized carbons (Fsp3) is 0.278.